The summed E-state index contributed by atoms with van der Waals surface area (Å²) in [6.07, 6.45) is 0.992. The Morgan fingerprint density at radius 2 is 1.60 bits per heavy atom. The molecule has 2 rings (SSSR count). The summed E-state index contributed by atoms with van der Waals surface area (Å²) in [7, 11) is 0. The fourth-order valence-corrected chi connectivity index (χ4v) is 1.86. The van der Waals surface area contributed by atoms with Crippen LogP contribution in [-0.2, 0) is 0 Å². The van der Waals surface area contributed by atoms with Crippen molar-refractivity contribution in [2.45, 2.75) is 13.3 Å². The highest BCUT2D eigenvalue weighted by molar-refractivity contribution is 5.94. The van der Waals surface area contributed by atoms with Gasteiger partial charge in [-0.2, -0.15) is 0 Å². The van der Waals surface area contributed by atoms with E-state index in [0.29, 0.717) is 5.56 Å². The van der Waals surface area contributed by atoms with Crippen LogP contribution < -0.4 is 16.0 Å². The molecule has 0 spiro atoms. The molecule has 0 heterocycles. The molecule has 0 fully saturated rings. The third-order valence-electron chi connectivity index (χ3n) is 2.94. The number of ether oxygens (including phenoxy) is 1. The molecular formula is C16H18N2O2. The summed E-state index contributed by atoms with van der Waals surface area (Å²) in [5.74, 6) is 5.67. The van der Waals surface area contributed by atoms with E-state index in [2.05, 4.69) is 12.3 Å². The van der Waals surface area contributed by atoms with Gasteiger partial charge >= 0.3 is 0 Å². The first kappa shape index (κ1) is 14.1. The zero-order valence-electron chi connectivity index (χ0n) is 11.4. The molecule has 0 atom stereocenters. The normalized spacial score (nSPS) is 10.1. The first-order valence-electron chi connectivity index (χ1n) is 6.59. The average molecular weight is 270 g/mol. The standard InChI is InChI=1S/C16H18N2O2/c1-2-11-20-15-9-7-13(8-10-15)12-3-5-14(6-4-12)16(19)18-17/h3-10H,2,11,17H2,1H3,(H,18,19). The monoisotopic (exact) mass is 270 g/mol. The van der Waals surface area contributed by atoms with Gasteiger partial charge in [0, 0.05) is 5.56 Å². The molecule has 0 aromatic heterocycles. The van der Waals surface area contributed by atoms with Gasteiger partial charge in [0.1, 0.15) is 5.75 Å². The summed E-state index contributed by atoms with van der Waals surface area (Å²) in [5, 5.41) is 0. The van der Waals surface area contributed by atoms with Crippen molar-refractivity contribution < 1.29 is 9.53 Å². The maximum atomic E-state index is 11.4. The lowest BCUT2D eigenvalue weighted by Gasteiger charge is -2.07. The molecule has 0 aliphatic carbocycles. The van der Waals surface area contributed by atoms with Crippen LogP contribution in [0.5, 0.6) is 5.75 Å². The van der Waals surface area contributed by atoms with Crippen LogP contribution in [0.1, 0.15) is 23.7 Å². The highest BCUT2D eigenvalue weighted by atomic mass is 16.5. The molecule has 4 heteroatoms. The summed E-state index contributed by atoms with van der Waals surface area (Å²) in [6.45, 7) is 2.80. The van der Waals surface area contributed by atoms with Gasteiger partial charge in [0.2, 0.25) is 0 Å². The van der Waals surface area contributed by atoms with E-state index in [0.717, 1.165) is 29.9 Å². The molecule has 2 aromatic rings. The van der Waals surface area contributed by atoms with Crippen molar-refractivity contribution in [2.24, 2.45) is 5.84 Å². The van der Waals surface area contributed by atoms with Gasteiger partial charge in [0.05, 0.1) is 6.61 Å². The maximum absolute atomic E-state index is 11.4. The van der Waals surface area contributed by atoms with Crippen molar-refractivity contribution in [3.63, 3.8) is 0 Å². The summed E-state index contributed by atoms with van der Waals surface area (Å²) in [5.41, 5.74) is 4.77. The van der Waals surface area contributed by atoms with Gasteiger partial charge in [-0.15, -0.1) is 0 Å². The molecule has 0 radical (unpaired) electrons. The topological polar surface area (TPSA) is 64.3 Å². The number of rotatable bonds is 5. The number of hydrogen-bond acceptors (Lipinski definition) is 3. The smallest absolute Gasteiger partial charge is 0.265 e. The van der Waals surface area contributed by atoms with Crippen molar-refractivity contribution in [3.8, 4) is 16.9 Å². The molecule has 0 saturated heterocycles. The average Bonchev–Trinajstić information content (AvgIpc) is 2.53. The molecule has 0 saturated carbocycles. The Hall–Kier alpha value is -2.33. The van der Waals surface area contributed by atoms with Crippen LogP contribution in [0.15, 0.2) is 48.5 Å². The third kappa shape index (κ3) is 3.36. The Morgan fingerprint density at radius 1 is 1.05 bits per heavy atom. The van der Waals surface area contributed by atoms with Crippen molar-refractivity contribution in [2.75, 3.05) is 6.61 Å². The number of benzene rings is 2. The molecule has 0 aliphatic heterocycles. The summed E-state index contributed by atoms with van der Waals surface area (Å²) in [4.78, 5) is 11.4. The Balaban J connectivity index is 2.13. The number of amides is 1. The Bertz CT molecular complexity index is 562. The van der Waals surface area contributed by atoms with Gasteiger partial charge in [-0.1, -0.05) is 31.2 Å². The molecule has 3 N–H and O–H groups in total. The highest BCUT2D eigenvalue weighted by Crippen LogP contribution is 2.22. The Labute approximate surface area is 118 Å². The highest BCUT2D eigenvalue weighted by Gasteiger charge is 2.04. The number of nitrogens with one attached hydrogen (secondary N) is 1. The maximum Gasteiger partial charge on any atom is 0.265 e. The van der Waals surface area contributed by atoms with E-state index in [1.807, 2.05) is 36.4 Å². The quantitative estimate of drug-likeness (QED) is 0.499. The molecule has 0 unspecified atom stereocenters. The number of hydrazine groups is 1. The molecule has 2 aromatic carbocycles. The molecule has 1 amide bonds. The lowest BCUT2D eigenvalue weighted by atomic mass is 10.0. The second kappa shape index (κ2) is 6.73. The molecule has 0 bridgehead atoms. The first-order valence-corrected chi connectivity index (χ1v) is 6.59. The van der Waals surface area contributed by atoms with Gasteiger partial charge in [-0.05, 0) is 41.8 Å². The molecule has 0 aliphatic rings. The predicted octanol–water partition coefficient (Wildman–Crippen LogP) is 2.75. The van der Waals surface area contributed by atoms with Crippen LogP contribution in [0.3, 0.4) is 0 Å². The number of nitrogens with two attached hydrogens (primary N) is 1. The number of carbonyl (C=O) groups excluding carboxylic acids is 1. The van der Waals surface area contributed by atoms with Crippen molar-refractivity contribution in [3.05, 3.63) is 54.1 Å². The minimum Gasteiger partial charge on any atom is -0.494 e. The van der Waals surface area contributed by atoms with E-state index in [1.165, 1.54) is 0 Å². The van der Waals surface area contributed by atoms with Crippen LogP contribution in [0.4, 0.5) is 0 Å². The van der Waals surface area contributed by atoms with Gasteiger partial charge in [0.15, 0.2) is 0 Å². The Kier molecular flexibility index (Phi) is 4.74. The van der Waals surface area contributed by atoms with Crippen molar-refractivity contribution >= 4 is 5.91 Å². The third-order valence-corrected chi connectivity index (χ3v) is 2.94. The lowest BCUT2D eigenvalue weighted by Crippen LogP contribution is -2.29. The number of nitrogen functional groups attached to an aromatic ring is 1. The molecular weight excluding hydrogens is 252 g/mol. The summed E-state index contributed by atoms with van der Waals surface area (Å²) < 4.78 is 5.54. The second-order valence-electron chi connectivity index (χ2n) is 4.42. The first-order chi connectivity index (χ1) is 9.74. The second-order valence-corrected chi connectivity index (χ2v) is 4.42. The van der Waals surface area contributed by atoms with E-state index in [9.17, 15) is 4.79 Å². The molecule has 20 heavy (non-hydrogen) atoms. The largest absolute Gasteiger partial charge is 0.494 e. The predicted molar refractivity (Wildman–Crippen MR) is 79.3 cm³/mol. The van der Waals surface area contributed by atoms with E-state index in [4.69, 9.17) is 10.6 Å². The number of carbonyl (C=O) groups is 1. The van der Waals surface area contributed by atoms with Gasteiger partial charge in [-0.3, -0.25) is 10.2 Å². The van der Waals surface area contributed by atoms with E-state index in [-0.39, 0.29) is 5.91 Å². The van der Waals surface area contributed by atoms with Crippen LogP contribution in [-0.4, -0.2) is 12.5 Å². The van der Waals surface area contributed by atoms with Crippen molar-refractivity contribution in [1.29, 1.82) is 0 Å². The van der Waals surface area contributed by atoms with Crippen LogP contribution >= 0.6 is 0 Å². The minimum absolute atomic E-state index is 0.292. The molecule has 4 nitrogen and oxygen atoms in total. The van der Waals surface area contributed by atoms with Gasteiger partial charge < -0.3 is 4.74 Å². The zero-order valence-corrected chi connectivity index (χ0v) is 11.4. The zero-order chi connectivity index (χ0) is 14.4. The van der Waals surface area contributed by atoms with Crippen LogP contribution in [0.25, 0.3) is 11.1 Å². The Morgan fingerprint density at radius 3 is 2.10 bits per heavy atom. The summed E-state index contributed by atoms with van der Waals surface area (Å²) >= 11 is 0. The number of hydrogen-bond donors (Lipinski definition) is 2. The van der Waals surface area contributed by atoms with Crippen LogP contribution in [0.2, 0.25) is 0 Å². The van der Waals surface area contributed by atoms with E-state index in [1.54, 1.807) is 12.1 Å². The summed E-state index contributed by atoms with van der Waals surface area (Å²) in [6, 6.07) is 15.2. The van der Waals surface area contributed by atoms with E-state index < -0.39 is 0 Å². The lowest BCUT2D eigenvalue weighted by molar-refractivity contribution is 0.0953. The van der Waals surface area contributed by atoms with Crippen molar-refractivity contribution in [1.82, 2.24) is 5.43 Å². The fourth-order valence-electron chi connectivity index (χ4n) is 1.86. The van der Waals surface area contributed by atoms with Gasteiger partial charge in [0.25, 0.3) is 5.91 Å². The molecule has 104 valence electrons. The van der Waals surface area contributed by atoms with Gasteiger partial charge in [-0.25, -0.2) is 5.84 Å². The SMILES string of the molecule is CCCOc1ccc(-c2ccc(C(=O)NN)cc2)cc1. The fraction of sp³-hybridized carbons (Fsp3) is 0.188. The van der Waals surface area contributed by atoms with E-state index >= 15 is 0 Å². The van der Waals surface area contributed by atoms with Crippen LogP contribution in [0, 0.1) is 0 Å². The minimum atomic E-state index is -0.292.